The highest BCUT2D eigenvalue weighted by Gasteiger charge is 2.02. The number of anilines is 1. The van der Waals surface area contributed by atoms with E-state index in [1.807, 2.05) is 18.3 Å². The number of thiazole rings is 1. The summed E-state index contributed by atoms with van der Waals surface area (Å²) in [5, 5.41) is 2.32. The fraction of sp³-hybridized carbons (Fsp3) is 0.111. The number of nitrogens with one attached hydrogen (secondary N) is 1. The molecule has 0 spiro atoms. The number of rotatable bonds is 4. The van der Waals surface area contributed by atoms with Crippen molar-refractivity contribution in [3.8, 4) is 0 Å². The lowest BCUT2D eigenvalue weighted by Crippen LogP contribution is -2.05. The van der Waals surface area contributed by atoms with Crippen LogP contribution in [0.25, 0.3) is 0 Å². The average Bonchev–Trinajstić information content (AvgIpc) is 2.76. The van der Waals surface area contributed by atoms with Crippen LogP contribution in [0.5, 0.6) is 0 Å². The first-order chi connectivity index (χ1) is 7.78. The van der Waals surface area contributed by atoms with E-state index in [0.717, 1.165) is 20.8 Å². The maximum absolute atomic E-state index is 5.75. The van der Waals surface area contributed by atoms with Gasteiger partial charge < -0.3 is 0 Å². The molecule has 2 heterocycles. The summed E-state index contributed by atoms with van der Waals surface area (Å²) in [7, 11) is 0. The van der Waals surface area contributed by atoms with E-state index < -0.39 is 0 Å². The van der Waals surface area contributed by atoms with Gasteiger partial charge >= 0.3 is 0 Å². The quantitative estimate of drug-likeness (QED) is 0.509. The summed E-state index contributed by atoms with van der Waals surface area (Å²) in [5.74, 6) is 6.08. The fourth-order valence-corrected chi connectivity index (χ4v) is 2.73. The Balaban J connectivity index is 1.94. The van der Waals surface area contributed by atoms with E-state index in [2.05, 4.69) is 15.4 Å². The molecule has 7 heteroatoms. The Morgan fingerprint density at radius 2 is 2.25 bits per heavy atom. The number of nitrogens with zero attached hydrogens (tertiary/aromatic N) is 2. The minimum atomic E-state index is 0.650. The van der Waals surface area contributed by atoms with Gasteiger partial charge in [-0.15, -0.1) is 23.1 Å². The molecule has 0 aliphatic rings. The van der Waals surface area contributed by atoms with Gasteiger partial charge in [-0.2, -0.15) is 0 Å². The van der Waals surface area contributed by atoms with Crippen LogP contribution in [0.3, 0.4) is 0 Å². The molecular weight excluding hydrogens is 264 g/mol. The molecule has 0 atom stereocenters. The molecule has 0 aromatic carbocycles. The van der Waals surface area contributed by atoms with Crippen LogP contribution in [0.2, 0.25) is 5.02 Å². The topological polar surface area (TPSA) is 63.8 Å². The third-order valence-corrected chi connectivity index (χ3v) is 4.07. The summed E-state index contributed by atoms with van der Waals surface area (Å²) in [6.45, 7) is 0. The molecule has 0 saturated carbocycles. The van der Waals surface area contributed by atoms with E-state index in [1.165, 1.54) is 11.3 Å². The van der Waals surface area contributed by atoms with Crippen LogP contribution in [0.15, 0.2) is 29.6 Å². The average molecular weight is 273 g/mol. The molecule has 0 bridgehead atoms. The van der Waals surface area contributed by atoms with Crippen LogP contribution in [-0.4, -0.2) is 9.97 Å². The number of thioether (sulfide) groups is 1. The molecule has 4 nitrogen and oxygen atoms in total. The number of pyridine rings is 1. The van der Waals surface area contributed by atoms with Crippen molar-refractivity contribution in [2.75, 3.05) is 5.43 Å². The summed E-state index contributed by atoms with van der Waals surface area (Å²) in [6.07, 6.45) is 3.45. The molecule has 2 aromatic heterocycles. The number of nitrogen functional groups attached to an aromatic ring is 1. The van der Waals surface area contributed by atoms with Crippen molar-refractivity contribution in [2.24, 2.45) is 5.84 Å². The third-order valence-electron chi connectivity index (χ3n) is 1.74. The van der Waals surface area contributed by atoms with Gasteiger partial charge in [-0.25, -0.2) is 15.8 Å². The van der Waals surface area contributed by atoms with Crippen molar-refractivity contribution in [3.05, 3.63) is 34.4 Å². The Morgan fingerprint density at radius 1 is 1.38 bits per heavy atom. The van der Waals surface area contributed by atoms with E-state index in [0.29, 0.717) is 5.02 Å². The molecule has 16 heavy (non-hydrogen) atoms. The van der Waals surface area contributed by atoms with Crippen LogP contribution in [0, 0.1) is 0 Å². The molecule has 0 aliphatic heterocycles. The van der Waals surface area contributed by atoms with Gasteiger partial charge in [0, 0.05) is 23.0 Å². The SMILES string of the molecule is NNc1ncc(CSc2ccc(Cl)cn2)s1. The molecule has 0 unspecified atom stereocenters. The first kappa shape index (κ1) is 11.7. The summed E-state index contributed by atoms with van der Waals surface area (Å²) in [6, 6.07) is 3.73. The van der Waals surface area contributed by atoms with Gasteiger partial charge in [-0.3, -0.25) is 5.43 Å². The van der Waals surface area contributed by atoms with E-state index in [9.17, 15) is 0 Å². The van der Waals surface area contributed by atoms with Crippen LogP contribution in [-0.2, 0) is 5.75 Å². The second kappa shape index (κ2) is 5.49. The highest BCUT2D eigenvalue weighted by atomic mass is 35.5. The minimum absolute atomic E-state index is 0.650. The predicted molar refractivity (Wildman–Crippen MR) is 68.7 cm³/mol. The maximum Gasteiger partial charge on any atom is 0.197 e. The molecule has 2 aromatic rings. The normalized spacial score (nSPS) is 10.4. The van der Waals surface area contributed by atoms with Gasteiger partial charge in [0.05, 0.1) is 10.0 Å². The summed E-state index contributed by atoms with van der Waals surface area (Å²) >= 11 is 8.92. The lowest BCUT2D eigenvalue weighted by Gasteiger charge is -1.97. The minimum Gasteiger partial charge on any atom is -0.300 e. The Bertz CT molecular complexity index is 457. The fourth-order valence-electron chi connectivity index (χ4n) is 1.03. The van der Waals surface area contributed by atoms with Gasteiger partial charge in [0.25, 0.3) is 0 Å². The Kier molecular flexibility index (Phi) is 4.00. The Labute approximate surface area is 106 Å². The molecular formula is C9H9ClN4S2. The van der Waals surface area contributed by atoms with Crippen LogP contribution < -0.4 is 11.3 Å². The van der Waals surface area contributed by atoms with Gasteiger partial charge in [-0.05, 0) is 12.1 Å². The van der Waals surface area contributed by atoms with Crippen molar-refractivity contribution in [2.45, 2.75) is 10.8 Å². The van der Waals surface area contributed by atoms with E-state index >= 15 is 0 Å². The number of nitrogens with two attached hydrogens (primary N) is 1. The van der Waals surface area contributed by atoms with Gasteiger partial charge in [-0.1, -0.05) is 11.6 Å². The molecule has 0 amide bonds. The molecule has 2 rings (SSSR count). The molecule has 0 aliphatic carbocycles. The second-order valence-corrected chi connectivity index (χ2v) is 5.43. The zero-order valence-electron chi connectivity index (χ0n) is 8.18. The van der Waals surface area contributed by atoms with Crippen molar-refractivity contribution >= 4 is 39.8 Å². The maximum atomic E-state index is 5.75. The highest BCUT2D eigenvalue weighted by Crippen LogP contribution is 2.26. The number of halogens is 1. The molecule has 84 valence electrons. The van der Waals surface area contributed by atoms with Crippen molar-refractivity contribution in [1.29, 1.82) is 0 Å². The molecule has 3 N–H and O–H groups in total. The summed E-state index contributed by atoms with van der Waals surface area (Å²) in [5.41, 5.74) is 2.52. The zero-order valence-corrected chi connectivity index (χ0v) is 10.6. The molecule has 0 radical (unpaired) electrons. The smallest absolute Gasteiger partial charge is 0.197 e. The Morgan fingerprint density at radius 3 is 2.88 bits per heavy atom. The van der Waals surface area contributed by atoms with Gasteiger partial charge in [0.2, 0.25) is 0 Å². The standard InChI is InChI=1S/C9H9ClN4S2/c10-6-1-2-8(12-3-6)15-5-7-4-13-9(14-11)16-7/h1-4H,5,11H2,(H,13,14). The van der Waals surface area contributed by atoms with Crippen LogP contribution >= 0.6 is 34.7 Å². The number of hydrazine groups is 1. The van der Waals surface area contributed by atoms with Crippen LogP contribution in [0.4, 0.5) is 5.13 Å². The number of hydrogen-bond acceptors (Lipinski definition) is 6. The molecule has 0 saturated heterocycles. The predicted octanol–water partition coefficient (Wildman–Crippen LogP) is 2.77. The third kappa shape index (κ3) is 3.08. The van der Waals surface area contributed by atoms with Crippen molar-refractivity contribution < 1.29 is 0 Å². The van der Waals surface area contributed by atoms with Crippen molar-refractivity contribution in [1.82, 2.24) is 9.97 Å². The van der Waals surface area contributed by atoms with E-state index in [4.69, 9.17) is 17.4 Å². The monoisotopic (exact) mass is 272 g/mol. The molecule has 0 fully saturated rings. The van der Waals surface area contributed by atoms with Crippen LogP contribution in [0.1, 0.15) is 4.88 Å². The first-order valence-electron chi connectivity index (χ1n) is 4.43. The number of aromatic nitrogens is 2. The largest absolute Gasteiger partial charge is 0.300 e. The Hall–Kier alpha value is -0.820. The highest BCUT2D eigenvalue weighted by molar-refractivity contribution is 7.98. The first-order valence-corrected chi connectivity index (χ1v) is 6.61. The lowest BCUT2D eigenvalue weighted by molar-refractivity contribution is 1.13. The zero-order chi connectivity index (χ0) is 11.4. The second-order valence-electron chi connectivity index (χ2n) is 2.88. The van der Waals surface area contributed by atoms with Crippen molar-refractivity contribution in [3.63, 3.8) is 0 Å². The van der Waals surface area contributed by atoms with E-state index in [1.54, 1.807) is 18.0 Å². The number of hydrogen-bond donors (Lipinski definition) is 2. The summed E-state index contributed by atoms with van der Waals surface area (Å²) in [4.78, 5) is 9.43. The summed E-state index contributed by atoms with van der Waals surface area (Å²) < 4.78 is 0. The van der Waals surface area contributed by atoms with Gasteiger partial charge in [0.15, 0.2) is 5.13 Å². The lowest BCUT2D eigenvalue weighted by atomic mass is 10.5. The van der Waals surface area contributed by atoms with Gasteiger partial charge in [0.1, 0.15) is 0 Å². The van der Waals surface area contributed by atoms with E-state index in [-0.39, 0.29) is 0 Å².